The van der Waals surface area contributed by atoms with Crippen LogP contribution in [0.2, 0.25) is 0 Å². The number of nitrogens with zero attached hydrogens (tertiary/aromatic N) is 1. The summed E-state index contributed by atoms with van der Waals surface area (Å²) in [5.41, 5.74) is 0.904. The van der Waals surface area contributed by atoms with Gasteiger partial charge in [0.1, 0.15) is 0 Å². The first-order valence-electron chi connectivity index (χ1n) is 11.8. The van der Waals surface area contributed by atoms with Crippen LogP contribution in [0.5, 0.6) is 0 Å². The summed E-state index contributed by atoms with van der Waals surface area (Å²) in [6.45, 7) is 8.38. The number of carbonyl (C=O) groups excluding carboxylic acids is 1. The van der Waals surface area contributed by atoms with E-state index in [4.69, 9.17) is 4.74 Å². The van der Waals surface area contributed by atoms with Gasteiger partial charge in [0.25, 0.3) is 0 Å². The number of likely N-dealkylation sites (N-methyl/N-ethyl adjacent to an activating group) is 1. The van der Waals surface area contributed by atoms with E-state index in [0.29, 0.717) is 13.2 Å². The van der Waals surface area contributed by atoms with Crippen molar-refractivity contribution in [3.05, 3.63) is 29.3 Å². The van der Waals surface area contributed by atoms with E-state index in [9.17, 15) is 18.0 Å². The van der Waals surface area contributed by atoms with Crippen molar-refractivity contribution >= 4 is 11.8 Å². The summed E-state index contributed by atoms with van der Waals surface area (Å²) in [4.78, 5) is 14.0. The molecule has 1 aromatic carbocycles. The Morgan fingerprint density at radius 3 is 2.73 bits per heavy atom. The van der Waals surface area contributed by atoms with Gasteiger partial charge in [-0.3, -0.25) is 0 Å². The Balaban J connectivity index is 1.65. The Bertz CT molecular complexity index is 743. The summed E-state index contributed by atoms with van der Waals surface area (Å²) in [7, 11) is 4.05. The molecule has 3 N–H and O–H groups in total. The van der Waals surface area contributed by atoms with E-state index in [1.165, 1.54) is 12.1 Å². The van der Waals surface area contributed by atoms with Gasteiger partial charge in [0.15, 0.2) is 0 Å². The van der Waals surface area contributed by atoms with Gasteiger partial charge in [-0.25, -0.2) is 4.79 Å². The van der Waals surface area contributed by atoms with Crippen molar-refractivity contribution in [1.82, 2.24) is 15.5 Å². The minimum absolute atomic E-state index is 0.0336. The van der Waals surface area contributed by atoms with Crippen LogP contribution in [0.3, 0.4) is 0 Å². The first-order valence-corrected chi connectivity index (χ1v) is 11.8. The third kappa shape index (κ3) is 9.41. The summed E-state index contributed by atoms with van der Waals surface area (Å²) in [6.07, 6.45) is -2.21. The van der Waals surface area contributed by atoms with Gasteiger partial charge < -0.3 is 25.6 Å². The van der Waals surface area contributed by atoms with Crippen molar-refractivity contribution in [2.24, 2.45) is 11.8 Å². The highest BCUT2D eigenvalue weighted by atomic mass is 19.4. The first kappa shape index (κ1) is 27.2. The maximum Gasteiger partial charge on any atom is 0.416 e. The Morgan fingerprint density at radius 2 is 2.03 bits per heavy atom. The number of ether oxygens (including phenoxy) is 1. The maximum absolute atomic E-state index is 13.1. The Morgan fingerprint density at radius 1 is 1.27 bits per heavy atom. The topological polar surface area (TPSA) is 65.6 Å². The SMILES string of the molecule is CC(CCC1CNc2ccc(C(F)(F)F)cc2C1C)COC(=O)NCCCNCCN(C)C. The van der Waals surface area contributed by atoms with Crippen molar-refractivity contribution < 1.29 is 22.7 Å². The van der Waals surface area contributed by atoms with Gasteiger partial charge in [-0.15, -0.1) is 0 Å². The van der Waals surface area contributed by atoms with Crippen LogP contribution in [0.25, 0.3) is 0 Å². The predicted octanol–water partition coefficient (Wildman–Crippen LogP) is 4.53. The van der Waals surface area contributed by atoms with Crippen molar-refractivity contribution in [2.45, 2.75) is 45.2 Å². The van der Waals surface area contributed by atoms with E-state index in [2.05, 4.69) is 20.9 Å². The lowest BCUT2D eigenvalue weighted by molar-refractivity contribution is -0.137. The van der Waals surface area contributed by atoms with Crippen LogP contribution in [0.15, 0.2) is 18.2 Å². The van der Waals surface area contributed by atoms with E-state index in [1.54, 1.807) is 0 Å². The normalized spacial score (nSPS) is 19.0. The fraction of sp³-hybridized carbons (Fsp3) is 0.708. The molecule has 0 spiro atoms. The molecule has 1 aromatic rings. The zero-order valence-corrected chi connectivity index (χ0v) is 20.2. The third-order valence-electron chi connectivity index (χ3n) is 6.20. The molecule has 9 heteroatoms. The van der Waals surface area contributed by atoms with E-state index >= 15 is 0 Å². The van der Waals surface area contributed by atoms with Gasteiger partial charge >= 0.3 is 12.3 Å². The van der Waals surface area contributed by atoms with Crippen LogP contribution < -0.4 is 16.0 Å². The molecule has 188 valence electrons. The molecule has 0 aliphatic carbocycles. The molecule has 1 heterocycles. The van der Waals surface area contributed by atoms with Crippen LogP contribution in [0, 0.1) is 11.8 Å². The number of alkyl halides is 3. The van der Waals surface area contributed by atoms with Crippen molar-refractivity contribution in [1.29, 1.82) is 0 Å². The van der Waals surface area contributed by atoms with E-state index in [1.807, 2.05) is 27.9 Å². The van der Waals surface area contributed by atoms with Gasteiger partial charge in [0.05, 0.1) is 12.2 Å². The number of carbonyl (C=O) groups is 1. The van der Waals surface area contributed by atoms with Crippen LogP contribution >= 0.6 is 0 Å². The molecule has 0 radical (unpaired) electrons. The zero-order valence-electron chi connectivity index (χ0n) is 20.2. The van der Waals surface area contributed by atoms with Gasteiger partial charge in [0, 0.05) is 31.9 Å². The molecule has 1 amide bonds. The lowest BCUT2D eigenvalue weighted by Gasteiger charge is -2.33. The molecule has 0 bridgehead atoms. The van der Waals surface area contributed by atoms with Crippen molar-refractivity contribution in [3.63, 3.8) is 0 Å². The van der Waals surface area contributed by atoms with Gasteiger partial charge in [-0.1, -0.05) is 13.8 Å². The maximum atomic E-state index is 13.1. The van der Waals surface area contributed by atoms with Gasteiger partial charge in [-0.05, 0) is 81.4 Å². The average Bonchev–Trinajstić information content (AvgIpc) is 2.75. The van der Waals surface area contributed by atoms with E-state index in [0.717, 1.165) is 62.8 Å². The highest BCUT2D eigenvalue weighted by Crippen LogP contribution is 2.40. The molecule has 3 unspecified atom stereocenters. The van der Waals surface area contributed by atoms with Crippen LogP contribution in [-0.4, -0.2) is 64.4 Å². The van der Waals surface area contributed by atoms with E-state index < -0.39 is 17.8 Å². The Kier molecular flexibility index (Phi) is 10.8. The highest BCUT2D eigenvalue weighted by molar-refractivity contribution is 5.67. The first-order chi connectivity index (χ1) is 15.6. The number of alkyl carbamates (subject to hydrolysis) is 1. The highest BCUT2D eigenvalue weighted by Gasteiger charge is 2.33. The molecule has 3 atom stereocenters. The molecule has 1 aliphatic rings. The molecule has 0 saturated heterocycles. The molecule has 2 rings (SSSR count). The lowest BCUT2D eigenvalue weighted by Crippen LogP contribution is -2.31. The number of anilines is 1. The average molecular weight is 473 g/mol. The van der Waals surface area contributed by atoms with Crippen LogP contribution in [-0.2, 0) is 10.9 Å². The summed E-state index contributed by atoms with van der Waals surface area (Å²) in [6, 6.07) is 3.93. The smallest absolute Gasteiger partial charge is 0.416 e. The molecule has 0 saturated carbocycles. The number of benzene rings is 1. The molecule has 0 fully saturated rings. The molecular weight excluding hydrogens is 433 g/mol. The largest absolute Gasteiger partial charge is 0.449 e. The second-order valence-corrected chi connectivity index (χ2v) is 9.34. The summed E-state index contributed by atoms with van der Waals surface area (Å²) in [5, 5.41) is 9.35. The lowest BCUT2D eigenvalue weighted by atomic mass is 9.79. The fourth-order valence-electron chi connectivity index (χ4n) is 3.98. The quantitative estimate of drug-likeness (QED) is 0.390. The molecule has 1 aliphatic heterocycles. The number of rotatable bonds is 12. The second kappa shape index (κ2) is 13.0. The summed E-state index contributed by atoms with van der Waals surface area (Å²) < 4.78 is 44.6. The van der Waals surface area contributed by atoms with Crippen LogP contribution in [0.4, 0.5) is 23.7 Å². The number of halogens is 3. The number of hydrogen-bond acceptors (Lipinski definition) is 5. The number of fused-ring (bicyclic) bond motifs is 1. The van der Waals surface area contributed by atoms with Gasteiger partial charge in [-0.2, -0.15) is 13.2 Å². The standard InChI is InChI=1S/C24H39F3N4O2/c1-17(16-33-23(32)29-11-5-10-28-12-13-31(3)4)6-7-19-15-30-22-9-8-20(24(25,26)27)14-21(22)18(19)2/h8-9,14,17-19,28,30H,5-7,10-13,15-16H2,1-4H3,(H,29,32). The molecule has 6 nitrogen and oxygen atoms in total. The molecular formula is C24H39F3N4O2. The van der Waals surface area contributed by atoms with Crippen molar-refractivity contribution in [2.75, 3.05) is 58.7 Å². The zero-order chi connectivity index (χ0) is 24.4. The molecule has 33 heavy (non-hydrogen) atoms. The summed E-state index contributed by atoms with van der Waals surface area (Å²) >= 11 is 0. The Labute approximate surface area is 195 Å². The van der Waals surface area contributed by atoms with Crippen molar-refractivity contribution in [3.8, 4) is 0 Å². The monoisotopic (exact) mass is 472 g/mol. The van der Waals surface area contributed by atoms with E-state index in [-0.39, 0.29) is 17.8 Å². The molecule has 0 aromatic heterocycles. The minimum atomic E-state index is -4.34. The number of amides is 1. The second-order valence-electron chi connectivity index (χ2n) is 9.34. The Hall–Kier alpha value is -2.00. The minimum Gasteiger partial charge on any atom is -0.449 e. The summed E-state index contributed by atoms with van der Waals surface area (Å²) in [5.74, 6) is 0.446. The number of nitrogens with one attached hydrogen (secondary N) is 3. The number of hydrogen-bond donors (Lipinski definition) is 3. The fourth-order valence-corrected chi connectivity index (χ4v) is 3.98. The van der Waals surface area contributed by atoms with Gasteiger partial charge in [0.2, 0.25) is 0 Å². The van der Waals surface area contributed by atoms with Crippen LogP contribution in [0.1, 0.15) is 50.2 Å². The predicted molar refractivity (Wildman–Crippen MR) is 126 cm³/mol. The third-order valence-corrected chi connectivity index (χ3v) is 6.20.